The summed E-state index contributed by atoms with van der Waals surface area (Å²) in [6.07, 6.45) is 0. The zero-order valence-electron chi connectivity index (χ0n) is 9.46. The molecule has 1 aromatic heterocycles. The average Bonchev–Trinajstić information content (AvgIpc) is 3.02. The van der Waals surface area contributed by atoms with Gasteiger partial charge in [0, 0.05) is 4.90 Å². The number of rotatable bonds is 0. The van der Waals surface area contributed by atoms with Crippen molar-refractivity contribution >= 4 is 32.8 Å². The second-order valence-electron chi connectivity index (χ2n) is 4.05. The van der Waals surface area contributed by atoms with E-state index in [1.807, 2.05) is 48.0 Å². The van der Waals surface area contributed by atoms with Crippen LogP contribution in [0.2, 0.25) is 0 Å². The minimum Gasteiger partial charge on any atom is -0.433 e. The van der Waals surface area contributed by atoms with Crippen LogP contribution in [0.3, 0.4) is 0 Å². The fourth-order valence-corrected chi connectivity index (χ4v) is 3.66. The number of para-hydroxylation sites is 3. The molecule has 0 aliphatic carbocycles. The van der Waals surface area contributed by atoms with Gasteiger partial charge in [0.1, 0.15) is 0 Å². The molecular weight excluding hydrogens is 244 g/mol. The highest BCUT2D eigenvalue weighted by Crippen LogP contribution is 2.41. The average molecular weight is 254 g/mol. The summed E-state index contributed by atoms with van der Waals surface area (Å²) in [7, 11) is -0.212. The molecule has 1 atom stereocenters. The highest BCUT2D eigenvalue weighted by Gasteiger charge is 2.12. The number of fused-ring (bicyclic) bond motifs is 2. The van der Waals surface area contributed by atoms with E-state index in [0.29, 0.717) is 0 Å². The van der Waals surface area contributed by atoms with Crippen LogP contribution < -0.4 is 0 Å². The molecule has 3 nitrogen and oxygen atoms in total. The molecule has 1 aliphatic heterocycles. The van der Waals surface area contributed by atoms with Crippen LogP contribution in [0.25, 0.3) is 11.1 Å². The van der Waals surface area contributed by atoms with Crippen LogP contribution in [-0.4, -0.2) is 10.5 Å². The molecule has 3 aromatic rings. The Morgan fingerprint density at radius 3 is 2.78 bits per heavy atom. The van der Waals surface area contributed by atoms with Crippen molar-refractivity contribution in [2.24, 2.45) is 4.99 Å². The Hall–Kier alpha value is -2.07. The Labute approximate surface area is 106 Å². The van der Waals surface area contributed by atoms with Crippen LogP contribution in [-0.2, 0) is 0 Å². The Morgan fingerprint density at radius 1 is 1.00 bits per heavy atom. The summed E-state index contributed by atoms with van der Waals surface area (Å²) in [5.41, 5.74) is 4.91. The standard InChI is InChI=1S/C14H10N2OS/c1-3-7-12-10(5-1)16-14(17-12)18-9-15-11-6-2-4-8-13(11)18/h1-9,16H. The fraction of sp³-hybridized carbons (Fsp3) is 0. The van der Waals surface area contributed by atoms with E-state index in [1.165, 1.54) is 4.90 Å². The predicted octanol–water partition coefficient (Wildman–Crippen LogP) is 4.29. The van der Waals surface area contributed by atoms with Gasteiger partial charge in [0.05, 0.1) is 16.8 Å². The number of oxazole rings is 1. The van der Waals surface area contributed by atoms with Crippen LogP contribution >= 0.6 is 10.5 Å². The van der Waals surface area contributed by atoms with Gasteiger partial charge in [-0.2, -0.15) is 0 Å². The number of hydrogen-bond donors (Lipinski definition) is 1. The summed E-state index contributed by atoms with van der Waals surface area (Å²) < 4.78 is 5.87. The van der Waals surface area contributed by atoms with Crippen molar-refractivity contribution in [3.8, 4) is 0 Å². The van der Waals surface area contributed by atoms with Gasteiger partial charge in [-0.3, -0.25) is 0 Å². The number of aliphatic imine (C=N–C) groups is 1. The number of nitrogens with one attached hydrogen (secondary N) is 1. The van der Waals surface area contributed by atoms with Gasteiger partial charge in [-0.1, -0.05) is 24.3 Å². The van der Waals surface area contributed by atoms with Crippen LogP contribution in [0, 0.1) is 4.84 Å². The summed E-state index contributed by atoms with van der Waals surface area (Å²) in [6.45, 7) is 0. The number of nitrogens with zero attached hydrogens (tertiary/aromatic N) is 1. The smallest absolute Gasteiger partial charge is 0.234 e. The van der Waals surface area contributed by atoms with Gasteiger partial charge in [0.25, 0.3) is 0 Å². The molecule has 1 N–H and O–H groups in total. The number of aromatic amines is 1. The van der Waals surface area contributed by atoms with Crippen LogP contribution in [0.5, 0.6) is 0 Å². The molecule has 1 aliphatic rings. The van der Waals surface area contributed by atoms with E-state index < -0.39 is 0 Å². The van der Waals surface area contributed by atoms with Gasteiger partial charge in [0.2, 0.25) is 4.84 Å². The van der Waals surface area contributed by atoms with Crippen LogP contribution in [0.15, 0.2) is 62.8 Å². The lowest BCUT2D eigenvalue weighted by molar-refractivity contribution is 0.582. The summed E-state index contributed by atoms with van der Waals surface area (Å²) in [4.78, 5) is 9.85. The maximum absolute atomic E-state index is 5.87. The summed E-state index contributed by atoms with van der Waals surface area (Å²) in [5, 5.41) is 0. The van der Waals surface area contributed by atoms with E-state index in [-0.39, 0.29) is 10.5 Å². The molecule has 2 heterocycles. The number of benzene rings is 2. The second kappa shape index (κ2) is 3.71. The number of aromatic nitrogens is 1. The number of H-pyrrole nitrogens is 1. The lowest BCUT2D eigenvalue weighted by Crippen LogP contribution is -1.72. The van der Waals surface area contributed by atoms with Crippen molar-refractivity contribution in [1.29, 1.82) is 0 Å². The molecular formula is C14H10N2OS. The first-order valence-corrected chi connectivity index (χ1v) is 6.98. The van der Waals surface area contributed by atoms with Crippen LogP contribution in [0.4, 0.5) is 5.69 Å². The summed E-state index contributed by atoms with van der Waals surface area (Å²) in [6, 6.07) is 16.1. The Balaban J connectivity index is 2.08. The largest absolute Gasteiger partial charge is 0.433 e. The summed E-state index contributed by atoms with van der Waals surface area (Å²) >= 11 is 0. The molecule has 0 radical (unpaired) electrons. The van der Waals surface area contributed by atoms with Gasteiger partial charge in [-0.15, -0.1) is 0 Å². The molecule has 0 amide bonds. The van der Waals surface area contributed by atoms with Gasteiger partial charge in [-0.25, -0.2) is 4.99 Å². The number of hydrogen-bond acceptors (Lipinski definition) is 2. The van der Waals surface area contributed by atoms with Crippen molar-refractivity contribution in [1.82, 2.24) is 4.98 Å². The van der Waals surface area contributed by atoms with Gasteiger partial charge < -0.3 is 9.40 Å². The Kier molecular flexibility index (Phi) is 2.04. The van der Waals surface area contributed by atoms with Crippen LogP contribution in [0.1, 0.15) is 0 Å². The van der Waals surface area contributed by atoms with E-state index in [9.17, 15) is 0 Å². The maximum atomic E-state index is 5.87. The van der Waals surface area contributed by atoms with Crippen molar-refractivity contribution in [3.63, 3.8) is 0 Å². The normalized spacial score (nSPS) is 18.2. The minimum atomic E-state index is -0.212. The first-order chi connectivity index (χ1) is 8.92. The SMILES string of the molecule is C1=Nc2ccccc2S1=c1[nH]c2ccccc2o1. The monoisotopic (exact) mass is 254 g/mol. The maximum Gasteiger partial charge on any atom is 0.234 e. The molecule has 0 saturated carbocycles. The zero-order chi connectivity index (χ0) is 11.9. The molecule has 1 unspecified atom stereocenters. The first kappa shape index (κ1) is 9.91. The van der Waals surface area contributed by atoms with Crippen molar-refractivity contribution in [3.05, 3.63) is 53.4 Å². The first-order valence-electron chi connectivity index (χ1n) is 5.69. The molecule has 2 aromatic carbocycles. The van der Waals surface area contributed by atoms with Crippen molar-refractivity contribution < 1.29 is 4.42 Å². The van der Waals surface area contributed by atoms with E-state index in [4.69, 9.17) is 4.42 Å². The Bertz CT molecular complexity index is 806. The van der Waals surface area contributed by atoms with Gasteiger partial charge >= 0.3 is 0 Å². The lowest BCUT2D eigenvalue weighted by Gasteiger charge is -1.96. The predicted molar refractivity (Wildman–Crippen MR) is 74.3 cm³/mol. The van der Waals surface area contributed by atoms with E-state index in [0.717, 1.165) is 21.6 Å². The molecule has 0 saturated heterocycles. The fourth-order valence-electron chi connectivity index (χ4n) is 2.06. The zero-order valence-corrected chi connectivity index (χ0v) is 10.3. The van der Waals surface area contributed by atoms with Gasteiger partial charge in [-0.05, 0) is 34.7 Å². The highest BCUT2D eigenvalue weighted by molar-refractivity contribution is 8.21. The third-order valence-corrected chi connectivity index (χ3v) is 4.65. The third-order valence-electron chi connectivity index (χ3n) is 2.93. The topological polar surface area (TPSA) is 41.3 Å². The lowest BCUT2D eigenvalue weighted by atomic mass is 10.3. The molecule has 0 fully saturated rings. The molecule has 0 bridgehead atoms. The quantitative estimate of drug-likeness (QED) is 0.597. The minimum absolute atomic E-state index is 0.212. The third kappa shape index (κ3) is 1.39. The molecule has 88 valence electrons. The van der Waals surface area contributed by atoms with E-state index >= 15 is 0 Å². The van der Waals surface area contributed by atoms with Crippen molar-refractivity contribution in [2.75, 3.05) is 0 Å². The van der Waals surface area contributed by atoms with E-state index in [2.05, 4.69) is 16.0 Å². The highest BCUT2D eigenvalue weighted by atomic mass is 32.2. The summed E-state index contributed by atoms with van der Waals surface area (Å²) in [5.74, 6) is 0. The molecule has 4 heteroatoms. The molecule has 4 rings (SSSR count). The van der Waals surface area contributed by atoms with Gasteiger partial charge in [0.15, 0.2) is 5.58 Å². The van der Waals surface area contributed by atoms with E-state index in [1.54, 1.807) is 0 Å². The second-order valence-corrected chi connectivity index (χ2v) is 5.75. The molecule has 0 spiro atoms. The van der Waals surface area contributed by atoms with Crippen molar-refractivity contribution in [2.45, 2.75) is 4.90 Å². The Morgan fingerprint density at radius 2 is 1.83 bits per heavy atom. The molecule has 18 heavy (non-hydrogen) atoms.